The zero-order chi connectivity index (χ0) is 26.7. The molecule has 1 aliphatic rings. The van der Waals surface area contributed by atoms with E-state index in [2.05, 4.69) is 0 Å². The van der Waals surface area contributed by atoms with Crippen LogP contribution in [0.2, 0.25) is 10.0 Å². The maximum atomic E-state index is 13.9. The van der Waals surface area contributed by atoms with Crippen LogP contribution in [0, 0.1) is 0 Å². The Kier molecular flexibility index (Phi) is 8.08. The highest BCUT2D eigenvalue weighted by molar-refractivity contribution is 7.89. The molecule has 4 rings (SSSR count). The van der Waals surface area contributed by atoms with Gasteiger partial charge in [0.1, 0.15) is 10.9 Å². The summed E-state index contributed by atoms with van der Waals surface area (Å²) in [5.74, 6) is -0.124. The molecule has 1 aliphatic heterocycles. The summed E-state index contributed by atoms with van der Waals surface area (Å²) >= 11 is 12.3. The minimum absolute atomic E-state index is 0.0443. The summed E-state index contributed by atoms with van der Waals surface area (Å²) in [5, 5.41) is 0.125. The number of imide groups is 1. The summed E-state index contributed by atoms with van der Waals surface area (Å²) in [5.41, 5.74) is 1.12. The quantitative estimate of drug-likeness (QED) is 0.354. The highest BCUT2D eigenvalue weighted by Crippen LogP contribution is 2.34. The van der Waals surface area contributed by atoms with Gasteiger partial charge in [-0.1, -0.05) is 47.5 Å². The van der Waals surface area contributed by atoms with Crippen molar-refractivity contribution in [3.8, 4) is 11.5 Å². The van der Waals surface area contributed by atoms with Gasteiger partial charge in [0.2, 0.25) is 15.9 Å². The number of hydrogen-bond acceptors (Lipinski definition) is 6. The van der Waals surface area contributed by atoms with E-state index in [1.54, 1.807) is 48.5 Å². The summed E-state index contributed by atoms with van der Waals surface area (Å²) in [6.45, 7) is -0.104. The summed E-state index contributed by atoms with van der Waals surface area (Å²) in [7, 11) is -1.32. The smallest absolute Gasteiger partial charge is 0.252 e. The molecule has 1 saturated heterocycles. The number of carbonyl (C=O) groups is 2. The number of nitrogens with zero attached hydrogens (tertiary/aromatic N) is 2. The maximum Gasteiger partial charge on any atom is 0.252 e. The van der Waals surface area contributed by atoms with E-state index in [-0.39, 0.29) is 34.3 Å². The molecule has 3 aromatic rings. The second kappa shape index (κ2) is 11.1. The molecule has 0 aromatic heterocycles. The number of ether oxygens (including phenoxy) is 2. The third kappa shape index (κ3) is 5.45. The molecule has 1 unspecified atom stereocenters. The van der Waals surface area contributed by atoms with Crippen molar-refractivity contribution >= 4 is 50.7 Å². The first-order valence-corrected chi connectivity index (χ1v) is 13.5. The van der Waals surface area contributed by atoms with E-state index in [1.165, 1.54) is 32.4 Å². The third-order valence-electron chi connectivity index (χ3n) is 6.03. The van der Waals surface area contributed by atoms with Crippen LogP contribution in [0.5, 0.6) is 11.5 Å². The Morgan fingerprint density at radius 2 is 1.65 bits per heavy atom. The first-order valence-electron chi connectivity index (χ1n) is 11.3. The number of methoxy groups -OCH3 is 2. The Balaban J connectivity index is 1.73. The summed E-state index contributed by atoms with van der Waals surface area (Å²) in [4.78, 5) is 27.2. The molecule has 2 amide bonds. The Morgan fingerprint density at radius 1 is 0.946 bits per heavy atom. The van der Waals surface area contributed by atoms with Crippen molar-refractivity contribution in [2.24, 2.45) is 0 Å². The molecule has 1 fully saturated rings. The second-order valence-electron chi connectivity index (χ2n) is 8.25. The van der Waals surface area contributed by atoms with E-state index in [4.69, 9.17) is 32.7 Å². The third-order valence-corrected chi connectivity index (χ3v) is 8.66. The lowest BCUT2D eigenvalue weighted by Gasteiger charge is -2.27. The summed E-state index contributed by atoms with van der Waals surface area (Å²) in [6, 6.07) is 16.4. The van der Waals surface area contributed by atoms with Crippen LogP contribution in [0.3, 0.4) is 0 Å². The molecule has 37 heavy (non-hydrogen) atoms. The Labute approximate surface area is 225 Å². The van der Waals surface area contributed by atoms with Crippen molar-refractivity contribution in [2.45, 2.75) is 23.8 Å². The zero-order valence-electron chi connectivity index (χ0n) is 20.1. The number of para-hydroxylation sites is 1. The van der Waals surface area contributed by atoms with Gasteiger partial charge in [0.15, 0.2) is 11.5 Å². The average Bonchev–Trinajstić information content (AvgIpc) is 3.18. The molecule has 11 heteroatoms. The van der Waals surface area contributed by atoms with Gasteiger partial charge in [0.05, 0.1) is 31.4 Å². The summed E-state index contributed by atoms with van der Waals surface area (Å²) < 4.78 is 39.4. The van der Waals surface area contributed by atoms with Crippen LogP contribution in [-0.4, -0.2) is 51.3 Å². The van der Waals surface area contributed by atoms with Crippen LogP contribution >= 0.6 is 23.2 Å². The first kappa shape index (κ1) is 26.9. The van der Waals surface area contributed by atoms with Gasteiger partial charge >= 0.3 is 0 Å². The number of sulfonamides is 1. The molecule has 194 valence electrons. The molecule has 8 nitrogen and oxygen atoms in total. The number of halogens is 2. The van der Waals surface area contributed by atoms with E-state index < -0.39 is 27.9 Å². The fraction of sp³-hybridized carbons (Fsp3) is 0.231. The maximum absolute atomic E-state index is 13.9. The van der Waals surface area contributed by atoms with Gasteiger partial charge in [0, 0.05) is 11.6 Å². The number of benzene rings is 3. The molecule has 0 saturated carbocycles. The van der Waals surface area contributed by atoms with Crippen molar-refractivity contribution in [2.75, 3.05) is 25.7 Å². The molecule has 0 spiro atoms. The van der Waals surface area contributed by atoms with Crippen LogP contribution in [0.1, 0.15) is 12.0 Å². The van der Waals surface area contributed by atoms with Gasteiger partial charge in [-0.05, 0) is 54.4 Å². The van der Waals surface area contributed by atoms with E-state index in [0.29, 0.717) is 17.2 Å². The van der Waals surface area contributed by atoms with E-state index >= 15 is 0 Å². The lowest BCUT2D eigenvalue weighted by atomic mass is 10.1. The van der Waals surface area contributed by atoms with Crippen LogP contribution in [0.25, 0.3) is 0 Å². The van der Waals surface area contributed by atoms with Crippen molar-refractivity contribution in [1.29, 1.82) is 0 Å². The van der Waals surface area contributed by atoms with Crippen LogP contribution in [0.15, 0.2) is 71.6 Å². The Bertz CT molecular complexity index is 1430. The molecule has 0 bridgehead atoms. The molecule has 1 atom stereocenters. The van der Waals surface area contributed by atoms with Gasteiger partial charge in [-0.25, -0.2) is 13.3 Å². The van der Waals surface area contributed by atoms with Gasteiger partial charge in [0.25, 0.3) is 5.91 Å². The molecule has 0 radical (unpaired) electrons. The largest absolute Gasteiger partial charge is 0.493 e. The fourth-order valence-corrected chi connectivity index (χ4v) is 6.53. The van der Waals surface area contributed by atoms with E-state index in [0.717, 1.165) is 14.8 Å². The van der Waals surface area contributed by atoms with Crippen molar-refractivity contribution in [1.82, 2.24) is 4.31 Å². The number of carbonyl (C=O) groups excluding carboxylic acids is 2. The highest BCUT2D eigenvalue weighted by Gasteiger charge is 2.47. The monoisotopic (exact) mass is 562 g/mol. The Morgan fingerprint density at radius 3 is 2.32 bits per heavy atom. The van der Waals surface area contributed by atoms with Gasteiger partial charge in [-0.15, -0.1) is 0 Å². The lowest BCUT2D eigenvalue weighted by Crippen LogP contribution is -2.46. The molecule has 0 N–H and O–H groups in total. The molecular formula is C26H24Cl2N2O6S. The molecular weight excluding hydrogens is 539 g/mol. The number of amides is 2. The van der Waals surface area contributed by atoms with Crippen LogP contribution in [-0.2, 0) is 26.0 Å². The minimum atomic E-state index is -4.34. The molecule has 0 aliphatic carbocycles. The predicted molar refractivity (Wildman–Crippen MR) is 141 cm³/mol. The van der Waals surface area contributed by atoms with Gasteiger partial charge in [-0.3, -0.25) is 9.59 Å². The summed E-state index contributed by atoms with van der Waals surface area (Å²) in [6.07, 6.45) is -0.0852. The standard InChI is InChI=1S/C26H24Cl2N2O6S/c1-35-22-11-8-17(14-23(22)36-2)12-13-29(37(33,34)24-15-18(27)9-10-20(24)28)21-16-25(31)30(26(21)32)19-6-4-3-5-7-19/h3-11,14-15,21H,12-13,16H2,1-2H3. The van der Waals surface area contributed by atoms with Crippen molar-refractivity contribution < 1.29 is 27.5 Å². The molecule has 3 aromatic carbocycles. The Hall–Kier alpha value is -3.11. The van der Waals surface area contributed by atoms with Crippen LogP contribution in [0.4, 0.5) is 5.69 Å². The van der Waals surface area contributed by atoms with E-state index in [9.17, 15) is 18.0 Å². The fourth-order valence-electron chi connectivity index (χ4n) is 4.21. The topological polar surface area (TPSA) is 93.2 Å². The normalized spacial score (nSPS) is 15.9. The number of rotatable bonds is 9. The highest BCUT2D eigenvalue weighted by atomic mass is 35.5. The second-order valence-corrected chi connectivity index (χ2v) is 11.0. The van der Waals surface area contributed by atoms with Crippen molar-refractivity contribution in [3.05, 3.63) is 82.3 Å². The first-order chi connectivity index (χ1) is 17.7. The number of hydrogen-bond donors (Lipinski definition) is 0. The lowest BCUT2D eigenvalue weighted by molar-refractivity contribution is -0.122. The number of anilines is 1. The zero-order valence-corrected chi connectivity index (χ0v) is 22.4. The van der Waals surface area contributed by atoms with Crippen LogP contribution < -0.4 is 14.4 Å². The van der Waals surface area contributed by atoms with Gasteiger partial charge in [-0.2, -0.15) is 4.31 Å². The van der Waals surface area contributed by atoms with E-state index in [1.807, 2.05) is 0 Å². The minimum Gasteiger partial charge on any atom is -0.493 e. The van der Waals surface area contributed by atoms with Crippen molar-refractivity contribution in [3.63, 3.8) is 0 Å². The molecule has 1 heterocycles. The average molecular weight is 563 g/mol. The van der Waals surface area contributed by atoms with Gasteiger partial charge < -0.3 is 9.47 Å². The predicted octanol–water partition coefficient (Wildman–Crippen LogP) is 4.58. The SMILES string of the molecule is COc1ccc(CCN(C2CC(=O)N(c3ccccc3)C2=O)S(=O)(=O)c2cc(Cl)ccc2Cl)cc1OC.